The fourth-order valence-electron chi connectivity index (χ4n) is 1.08. The molecule has 0 heterocycles. The van der Waals surface area contributed by atoms with E-state index in [1.807, 2.05) is 6.92 Å². The first-order valence-electron chi connectivity index (χ1n) is 3.91. The van der Waals surface area contributed by atoms with E-state index in [0.29, 0.717) is 5.56 Å². The molecule has 0 radical (unpaired) electrons. The van der Waals surface area contributed by atoms with Crippen molar-refractivity contribution in [3.63, 3.8) is 0 Å². The number of hydrogen-bond donors (Lipinski definition) is 3. The standard InChI is InChI=1S/C9H12INO2/c1-5-2-9(13)6(3-7(5)10)8(11)4-12/h2-3,8,12-13H,4,11H2,1H3/t8-/m0/s1. The normalized spacial score (nSPS) is 12.9. The molecule has 0 bridgehead atoms. The lowest BCUT2D eigenvalue weighted by Crippen LogP contribution is -2.14. The number of aliphatic hydroxyl groups excluding tert-OH is 1. The topological polar surface area (TPSA) is 66.5 Å². The Morgan fingerprint density at radius 2 is 2.15 bits per heavy atom. The predicted octanol–water partition coefficient (Wildman–Crippen LogP) is 1.30. The summed E-state index contributed by atoms with van der Waals surface area (Å²) in [6.45, 7) is 1.75. The number of phenolic OH excluding ortho intramolecular Hbond substituents is 1. The summed E-state index contributed by atoms with van der Waals surface area (Å²) >= 11 is 2.17. The molecule has 13 heavy (non-hydrogen) atoms. The maximum atomic E-state index is 9.52. The summed E-state index contributed by atoms with van der Waals surface area (Å²) in [7, 11) is 0. The molecule has 0 aromatic heterocycles. The van der Waals surface area contributed by atoms with Crippen molar-refractivity contribution < 1.29 is 10.2 Å². The molecule has 3 nitrogen and oxygen atoms in total. The predicted molar refractivity (Wildman–Crippen MR) is 59.6 cm³/mol. The van der Waals surface area contributed by atoms with Gasteiger partial charge in [0, 0.05) is 9.13 Å². The third kappa shape index (κ3) is 2.32. The molecular weight excluding hydrogens is 281 g/mol. The van der Waals surface area contributed by atoms with Crippen LogP contribution in [0.4, 0.5) is 0 Å². The molecule has 0 aliphatic heterocycles. The molecule has 1 aromatic carbocycles. The summed E-state index contributed by atoms with van der Waals surface area (Å²) in [4.78, 5) is 0. The van der Waals surface area contributed by atoms with E-state index in [1.165, 1.54) is 0 Å². The lowest BCUT2D eigenvalue weighted by atomic mass is 10.1. The van der Waals surface area contributed by atoms with Crippen LogP contribution in [0, 0.1) is 10.5 Å². The lowest BCUT2D eigenvalue weighted by molar-refractivity contribution is 0.265. The molecule has 72 valence electrons. The molecule has 0 saturated heterocycles. The van der Waals surface area contributed by atoms with E-state index in [9.17, 15) is 5.11 Å². The Morgan fingerprint density at radius 1 is 1.54 bits per heavy atom. The zero-order chi connectivity index (χ0) is 10.0. The van der Waals surface area contributed by atoms with Crippen LogP contribution in [-0.4, -0.2) is 16.8 Å². The van der Waals surface area contributed by atoms with Gasteiger partial charge in [-0.25, -0.2) is 0 Å². The van der Waals surface area contributed by atoms with Gasteiger partial charge in [-0.2, -0.15) is 0 Å². The molecule has 0 unspecified atom stereocenters. The third-order valence-electron chi connectivity index (χ3n) is 1.90. The molecule has 0 spiro atoms. The van der Waals surface area contributed by atoms with Gasteiger partial charge >= 0.3 is 0 Å². The van der Waals surface area contributed by atoms with E-state index < -0.39 is 6.04 Å². The van der Waals surface area contributed by atoms with Gasteiger partial charge in [0.05, 0.1) is 12.6 Å². The Hall–Kier alpha value is -0.330. The summed E-state index contributed by atoms with van der Waals surface area (Å²) in [6, 6.07) is 2.95. The zero-order valence-electron chi connectivity index (χ0n) is 7.29. The molecule has 0 fully saturated rings. The summed E-state index contributed by atoms with van der Waals surface area (Å²) in [5, 5.41) is 18.4. The molecule has 4 N–H and O–H groups in total. The second-order valence-corrected chi connectivity index (χ2v) is 4.11. The van der Waals surface area contributed by atoms with Crippen molar-refractivity contribution in [2.24, 2.45) is 5.73 Å². The number of halogens is 1. The van der Waals surface area contributed by atoms with Gasteiger partial charge in [-0.1, -0.05) is 0 Å². The van der Waals surface area contributed by atoms with Crippen LogP contribution in [0.3, 0.4) is 0 Å². The number of rotatable bonds is 2. The van der Waals surface area contributed by atoms with Crippen molar-refractivity contribution in [1.29, 1.82) is 0 Å². The number of phenols is 1. The van der Waals surface area contributed by atoms with Crippen LogP contribution in [-0.2, 0) is 0 Å². The minimum atomic E-state index is -0.505. The van der Waals surface area contributed by atoms with Crippen LogP contribution in [0.5, 0.6) is 5.75 Å². The van der Waals surface area contributed by atoms with Crippen molar-refractivity contribution in [1.82, 2.24) is 0 Å². The SMILES string of the molecule is Cc1cc(O)c([C@@H](N)CO)cc1I. The molecule has 0 amide bonds. The van der Waals surface area contributed by atoms with Crippen LogP contribution in [0.1, 0.15) is 17.2 Å². The van der Waals surface area contributed by atoms with Gasteiger partial charge in [0.15, 0.2) is 0 Å². The molecule has 1 atom stereocenters. The first-order valence-corrected chi connectivity index (χ1v) is 4.99. The summed E-state index contributed by atoms with van der Waals surface area (Å²) in [6.07, 6.45) is 0. The summed E-state index contributed by atoms with van der Waals surface area (Å²) < 4.78 is 1.04. The van der Waals surface area contributed by atoms with Gasteiger partial charge in [-0.05, 0) is 47.2 Å². The van der Waals surface area contributed by atoms with Gasteiger partial charge in [0.25, 0.3) is 0 Å². The van der Waals surface area contributed by atoms with Crippen molar-refractivity contribution in [3.8, 4) is 5.75 Å². The minimum Gasteiger partial charge on any atom is -0.508 e. The van der Waals surface area contributed by atoms with Crippen LogP contribution in [0.2, 0.25) is 0 Å². The molecule has 0 saturated carbocycles. The van der Waals surface area contributed by atoms with Gasteiger partial charge in [-0.15, -0.1) is 0 Å². The number of aryl methyl sites for hydroxylation is 1. The first-order chi connectivity index (χ1) is 6.06. The Morgan fingerprint density at radius 3 is 2.69 bits per heavy atom. The highest BCUT2D eigenvalue weighted by molar-refractivity contribution is 14.1. The Kier molecular flexibility index (Phi) is 3.52. The number of aliphatic hydroxyl groups is 1. The monoisotopic (exact) mass is 293 g/mol. The van der Waals surface area contributed by atoms with Gasteiger partial charge < -0.3 is 15.9 Å². The van der Waals surface area contributed by atoms with E-state index in [-0.39, 0.29) is 12.4 Å². The highest BCUT2D eigenvalue weighted by Gasteiger charge is 2.11. The maximum Gasteiger partial charge on any atom is 0.120 e. The maximum absolute atomic E-state index is 9.52. The van der Waals surface area contributed by atoms with Crippen molar-refractivity contribution >= 4 is 22.6 Å². The van der Waals surface area contributed by atoms with Crippen LogP contribution >= 0.6 is 22.6 Å². The smallest absolute Gasteiger partial charge is 0.120 e. The second-order valence-electron chi connectivity index (χ2n) is 2.95. The molecule has 1 aromatic rings. The van der Waals surface area contributed by atoms with E-state index in [1.54, 1.807) is 12.1 Å². The molecule has 4 heteroatoms. The fraction of sp³-hybridized carbons (Fsp3) is 0.333. The fourth-order valence-corrected chi connectivity index (χ4v) is 1.57. The molecule has 0 aliphatic rings. The molecular formula is C9H12INO2. The average molecular weight is 293 g/mol. The van der Waals surface area contributed by atoms with Gasteiger partial charge in [0.1, 0.15) is 5.75 Å². The minimum absolute atomic E-state index is 0.152. The molecule has 1 rings (SSSR count). The van der Waals surface area contributed by atoms with Crippen LogP contribution in [0.25, 0.3) is 0 Å². The van der Waals surface area contributed by atoms with E-state index in [4.69, 9.17) is 10.8 Å². The average Bonchev–Trinajstić information content (AvgIpc) is 2.10. The summed E-state index contributed by atoms with van der Waals surface area (Å²) in [5.41, 5.74) is 7.20. The zero-order valence-corrected chi connectivity index (χ0v) is 9.45. The second kappa shape index (κ2) is 4.26. The third-order valence-corrected chi connectivity index (χ3v) is 3.07. The van der Waals surface area contributed by atoms with Crippen LogP contribution < -0.4 is 5.73 Å². The van der Waals surface area contributed by atoms with E-state index in [2.05, 4.69) is 22.6 Å². The van der Waals surface area contributed by atoms with E-state index in [0.717, 1.165) is 9.13 Å². The van der Waals surface area contributed by atoms with Crippen molar-refractivity contribution in [2.75, 3.05) is 6.61 Å². The highest BCUT2D eigenvalue weighted by Crippen LogP contribution is 2.27. The highest BCUT2D eigenvalue weighted by atomic mass is 127. The number of nitrogens with two attached hydrogens (primary N) is 1. The quantitative estimate of drug-likeness (QED) is 0.720. The first kappa shape index (κ1) is 10.7. The largest absolute Gasteiger partial charge is 0.508 e. The van der Waals surface area contributed by atoms with E-state index >= 15 is 0 Å². The van der Waals surface area contributed by atoms with Crippen LogP contribution in [0.15, 0.2) is 12.1 Å². The summed E-state index contributed by atoms with van der Waals surface area (Å²) in [5.74, 6) is 0.152. The Labute approximate surface area is 90.7 Å². The Balaban J connectivity index is 3.15. The number of hydrogen-bond acceptors (Lipinski definition) is 3. The van der Waals surface area contributed by atoms with Gasteiger partial charge in [0.2, 0.25) is 0 Å². The van der Waals surface area contributed by atoms with Crippen molar-refractivity contribution in [3.05, 3.63) is 26.8 Å². The number of aromatic hydroxyl groups is 1. The lowest BCUT2D eigenvalue weighted by Gasteiger charge is -2.12. The van der Waals surface area contributed by atoms with Gasteiger partial charge in [-0.3, -0.25) is 0 Å². The Bertz CT molecular complexity index is 315. The van der Waals surface area contributed by atoms with Crippen molar-refractivity contribution in [2.45, 2.75) is 13.0 Å². The number of benzene rings is 1. The molecule has 0 aliphatic carbocycles.